The summed E-state index contributed by atoms with van der Waals surface area (Å²) in [6.45, 7) is 3.42. The van der Waals surface area contributed by atoms with E-state index in [4.69, 9.17) is 9.15 Å². The number of aryl methyl sites for hydroxylation is 1. The number of hydrogen-bond acceptors (Lipinski definition) is 6. The van der Waals surface area contributed by atoms with Crippen molar-refractivity contribution in [1.82, 2.24) is 4.98 Å². The van der Waals surface area contributed by atoms with Gasteiger partial charge in [-0.25, -0.2) is 4.79 Å². The van der Waals surface area contributed by atoms with E-state index in [-0.39, 0.29) is 11.8 Å². The highest BCUT2D eigenvalue weighted by atomic mass is 16.6. The number of oxazole rings is 1. The molecular formula is C19H22N2O4. The molecule has 1 aromatic heterocycles. The average molecular weight is 342 g/mol. The smallest absolute Gasteiger partial charge is 0.339 e. The standard InChI is InChI=1S/C19H22N2O4/c1-2-3-8-15-16(22)20-18(24-15)21-11-9-19(10-12-21)14-7-5-4-6-13(14)17(23)25-19/h4-7,22H,2-3,8-12H2,1H3. The molecule has 2 aromatic rings. The van der Waals surface area contributed by atoms with Crippen molar-refractivity contribution >= 4 is 12.0 Å². The molecule has 1 saturated heterocycles. The monoisotopic (exact) mass is 342 g/mol. The summed E-state index contributed by atoms with van der Waals surface area (Å²) in [5.41, 5.74) is 1.12. The number of hydrogen-bond donors (Lipinski definition) is 1. The first kappa shape index (κ1) is 16.0. The lowest BCUT2D eigenvalue weighted by atomic mass is 9.84. The molecule has 6 heteroatoms. The highest BCUT2D eigenvalue weighted by Gasteiger charge is 2.47. The van der Waals surface area contributed by atoms with E-state index in [0.29, 0.717) is 49.7 Å². The van der Waals surface area contributed by atoms with Crippen molar-refractivity contribution < 1.29 is 19.1 Å². The summed E-state index contributed by atoms with van der Waals surface area (Å²) in [6.07, 6.45) is 4.05. The van der Waals surface area contributed by atoms with Gasteiger partial charge in [0.1, 0.15) is 5.60 Å². The number of nitrogens with zero attached hydrogens (tertiary/aromatic N) is 2. The topological polar surface area (TPSA) is 75.8 Å². The Morgan fingerprint density at radius 2 is 2.04 bits per heavy atom. The Kier molecular flexibility index (Phi) is 3.90. The molecule has 0 radical (unpaired) electrons. The van der Waals surface area contributed by atoms with Gasteiger partial charge in [0.2, 0.25) is 0 Å². The molecule has 0 bridgehead atoms. The fraction of sp³-hybridized carbons (Fsp3) is 0.474. The molecular weight excluding hydrogens is 320 g/mol. The molecule has 0 atom stereocenters. The van der Waals surface area contributed by atoms with Crippen LogP contribution in [0.4, 0.5) is 6.01 Å². The lowest BCUT2D eigenvalue weighted by Crippen LogP contribution is -2.43. The number of rotatable bonds is 4. The van der Waals surface area contributed by atoms with Crippen molar-refractivity contribution in [3.63, 3.8) is 0 Å². The zero-order valence-corrected chi connectivity index (χ0v) is 14.3. The van der Waals surface area contributed by atoms with Gasteiger partial charge in [-0.3, -0.25) is 0 Å². The van der Waals surface area contributed by atoms with Crippen LogP contribution >= 0.6 is 0 Å². The maximum absolute atomic E-state index is 12.1. The van der Waals surface area contributed by atoms with Gasteiger partial charge in [-0.15, -0.1) is 0 Å². The van der Waals surface area contributed by atoms with Gasteiger partial charge >= 0.3 is 12.0 Å². The largest absolute Gasteiger partial charge is 0.491 e. The molecule has 1 spiro atoms. The van der Waals surface area contributed by atoms with Crippen LogP contribution in [0, 0.1) is 0 Å². The number of aromatic hydroxyl groups is 1. The number of benzene rings is 1. The predicted octanol–water partition coefficient (Wildman–Crippen LogP) is 3.39. The minimum absolute atomic E-state index is 0.0126. The van der Waals surface area contributed by atoms with E-state index < -0.39 is 5.60 Å². The molecule has 2 aliphatic rings. The van der Waals surface area contributed by atoms with E-state index >= 15 is 0 Å². The fourth-order valence-electron chi connectivity index (χ4n) is 3.74. The number of unbranched alkanes of at least 4 members (excludes halogenated alkanes) is 1. The quantitative estimate of drug-likeness (QED) is 0.859. The van der Waals surface area contributed by atoms with E-state index in [0.717, 1.165) is 18.4 Å². The molecule has 1 N–H and O–H groups in total. The lowest BCUT2D eigenvalue weighted by molar-refractivity contribution is -0.0214. The molecule has 25 heavy (non-hydrogen) atoms. The number of ether oxygens (including phenoxy) is 1. The zero-order valence-electron chi connectivity index (χ0n) is 14.3. The minimum atomic E-state index is -0.538. The number of fused-ring (bicyclic) bond motifs is 2. The maximum Gasteiger partial charge on any atom is 0.339 e. The summed E-state index contributed by atoms with van der Waals surface area (Å²) >= 11 is 0. The molecule has 0 aliphatic carbocycles. The Morgan fingerprint density at radius 1 is 1.28 bits per heavy atom. The number of anilines is 1. The van der Waals surface area contributed by atoms with Gasteiger partial charge in [0, 0.05) is 37.9 Å². The van der Waals surface area contributed by atoms with E-state index in [2.05, 4.69) is 11.9 Å². The molecule has 3 heterocycles. The summed E-state index contributed by atoms with van der Waals surface area (Å²) in [5.74, 6) is 0.302. The number of aromatic nitrogens is 1. The first-order valence-corrected chi connectivity index (χ1v) is 8.89. The molecule has 0 saturated carbocycles. The molecule has 2 aliphatic heterocycles. The van der Waals surface area contributed by atoms with E-state index in [1.165, 1.54) is 0 Å². The second kappa shape index (κ2) is 6.10. The SMILES string of the molecule is CCCCc1oc(N2CCC3(CC2)OC(=O)c2ccccc23)nc1O. The van der Waals surface area contributed by atoms with Crippen LogP contribution in [0.15, 0.2) is 28.7 Å². The number of esters is 1. The first-order valence-electron chi connectivity index (χ1n) is 8.89. The highest BCUT2D eigenvalue weighted by Crippen LogP contribution is 2.44. The van der Waals surface area contributed by atoms with Crippen molar-refractivity contribution in [2.45, 2.75) is 44.6 Å². The molecule has 1 aromatic carbocycles. The summed E-state index contributed by atoms with van der Waals surface area (Å²) < 4.78 is 11.5. The Labute approximate surface area is 146 Å². The molecule has 1 fully saturated rings. The third-order valence-electron chi connectivity index (χ3n) is 5.19. The number of piperidine rings is 1. The summed E-state index contributed by atoms with van der Waals surface area (Å²) in [7, 11) is 0. The predicted molar refractivity (Wildman–Crippen MR) is 91.8 cm³/mol. The normalized spacial score (nSPS) is 18.4. The zero-order chi connectivity index (χ0) is 17.4. The molecule has 6 nitrogen and oxygen atoms in total. The van der Waals surface area contributed by atoms with Gasteiger partial charge in [-0.1, -0.05) is 31.5 Å². The van der Waals surface area contributed by atoms with Crippen LogP contribution in [-0.2, 0) is 16.8 Å². The Balaban J connectivity index is 1.50. The second-order valence-electron chi connectivity index (χ2n) is 6.76. The van der Waals surface area contributed by atoms with E-state index in [1.54, 1.807) is 0 Å². The fourth-order valence-corrected chi connectivity index (χ4v) is 3.74. The van der Waals surface area contributed by atoms with Crippen LogP contribution in [0.2, 0.25) is 0 Å². The van der Waals surface area contributed by atoms with Gasteiger partial charge in [-0.05, 0) is 12.5 Å². The third kappa shape index (κ3) is 2.65. The lowest BCUT2D eigenvalue weighted by Gasteiger charge is -2.37. The maximum atomic E-state index is 12.1. The Bertz CT molecular complexity index is 790. The second-order valence-corrected chi connectivity index (χ2v) is 6.76. The Morgan fingerprint density at radius 3 is 2.80 bits per heavy atom. The van der Waals surface area contributed by atoms with Gasteiger partial charge in [0.15, 0.2) is 5.76 Å². The molecule has 4 rings (SSSR count). The molecule has 132 valence electrons. The van der Waals surface area contributed by atoms with Crippen molar-refractivity contribution in [2.24, 2.45) is 0 Å². The van der Waals surface area contributed by atoms with Gasteiger partial charge in [0.25, 0.3) is 5.88 Å². The van der Waals surface area contributed by atoms with Crippen LogP contribution in [0.3, 0.4) is 0 Å². The molecule has 0 amide bonds. The van der Waals surface area contributed by atoms with Crippen LogP contribution in [-0.4, -0.2) is 29.1 Å². The van der Waals surface area contributed by atoms with Crippen molar-refractivity contribution in [3.05, 3.63) is 41.2 Å². The van der Waals surface area contributed by atoms with Gasteiger partial charge in [-0.2, -0.15) is 4.98 Å². The average Bonchev–Trinajstić information content (AvgIpc) is 3.13. The van der Waals surface area contributed by atoms with Crippen molar-refractivity contribution in [1.29, 1.82) is 0 Å². The number of carbonyl (C=O) groups excluding carboxylic acids is 1. The molecule has 0 unspecified atom stereocenters. The van der Waals surface area contributed by atoms with E-state index in [1.807, 2.05) is 29.2 Å². The van der Waals surface area contributed by atoms with Crippen LogP contribution in [0.25, 0.3) is 0 Å². The van der Waals surface area contributed by atoms with E-state index in [9.17, 15) is 9.90 Å². The summed E-state index contributed by atoms with van der Waals surface area (Å²) in [5, 5.41) is 9.96. The van der Waals surface area contributed by atoms with Crippen LogP contribution in [0.5, 0.6) is 5.88 Å². The van der Waals surface area contributed by atoms with Crippen molar-refractivity contribution in [3.8, 4) is 5.88 Å². The van der Waals surface area contributed by atoms with Gasteiger partial charge in [0.05, 0.1) is 5.56 Å². The van der Waals surface area contributed by atoms with Crippen molar-refractivity contribution in [2.75, 3.05) is 18.0 Å². The minimum Gasteiger partial charge on any atom is -0.491 e. The highest BCUT2D eigenvalue weighted by molar-refractivity contribution is 5.94. The summed E-state index contributed by atoms with van der Waals surface area (Å²) in [4.78, 5) is 18.3. The summed E-state index contributed by atoms with van der Waals surface area (Å²) in [6, 6.07) is 8.07. The number of carbonyl (C=O) groups is 1. The van der Waals surface area contributed by atoms with Crippen LogP contribution in [0.1, 0.15) is 54.3 Å². The Hall–Kier alpha value is -2.50. The first-order chi connectivity index (χ1) is 12.1. The third-order valence-corrected chi connectivity index (χ3v) is 5.19. The van der Waals surface area contributed by atoms with Gasteiger partial charge < -0.3 is 19.2 Å². The van der Waals surface area contributed by atoms with Crippen LogP contribution < -0.4 is 4.90 Å².